The number of rotatable bonds is 4. The molecule has 3 N–H and O–H groups in total. The molecule has 0 spiro atoms. The van der Waals surface area contributed by atoms with E-state index in [1.807, 2.05) is 13.0 Å². The van der Waals surface area contributed by atoms with E-state index in [1.54, 1.807) is 31.2 Å². The van der Waals surface area contributed by atoms with E-state index in [9.17, 15) is 8.42 Å². The maximum Gasteiger partial charge on any atom is 0.263 e. The van der Waals surface area contributed by atoms with Crippen LogP contribution in [0.2, 0.25) is 0 Å². The molecule has 1 heterocycles. The molecule has 106 valence electrons. The van der Waals surface area contributed by atoms with E-state index >= 15 is 0 Å². The molecule has 0 aliphatic heterocycles. The minimum absolute atomic E-state index is 0.231. The Hall–Kier alpha value is -1.92. The van der Waals surface area contributed by atoms with Crippen molar-refractivity contribution >= 4 is 15.8 Å². The number of aryl methyl sites for hydroxylation is 2. The molecule has 1 aromatic carbocycles. The Kier molecular flexibility index (Phi) is 4.06. The van der Waals surface area contributed by atoms with Crippen LogP contribution in [0.5, 0.6) is 0 Å². The molecule has 0 bridgehead atoms. The van der Waals surface area contributed by atoms with E-state index in [0.717, 1.165) is 11.1 Å². The Bertz CT molecular complexity index is 713. The summed E-state index contributed by atoms with van der Waals surface area (Å²) in [5.41, 5.74) is 8.13. The lowest BCUT2D eigenvalue weighted by Gasteiger charge is -2.13. The SMILES string of the molecule is Cc1cc(C)c(S(=O)(=O)Nc2ccccn2)cc1CN. The zero-order valence-electron chi connectivity index (χ0n) is 11.4. The lowest BCUT2D eigenvalue weighted by Crippen LogP contribution is -2.16. The molecule has 2 rings (SSSR count). The van der Waals surface area contributed by atoms with Crippen LogP contribution in [0.15, 0.2) is 41.4 Å². The lowest BCUT2D eigenvalue weighted by molar-refractivity contribution is 0.600. The highest BCUT2D eigenvalue weighted by Crippen LogP contribution is 2.22. The summed E-state index contributed by atoms with van der Waals surface area (Å²) in [4.78, 5) is 4.20. The van der Waals surface area contributed by atoms with Crippen LogP contribution in [-0.4, -0.2) is 13.4 Å². The lowest BCUT2D eigenvalue weighted by atomic mass is 10.1. The van der Waals surface area contributed by atoms with Crippen molar-refractivity contribution in [3.05, 3.63) is 53.2 Å². The van der Waals surface area contributed by atoms with Crippen LogP contribution in [0.1, 0.15) is 16.7 Å². The van der Waals surface area contributed by atoms with Gasteiger partial charge in [-0.3, -0.25) is 4.72 Å². The fraction of sp³-hybridized carbons (Fsp3) is 0.214. The Morgan fingerprint density at radius 1 is 1.20 bits per heavy atom. The second-order valence-electron chi connectivity index (χ2n) is 4.57. The summed E-state index contributed by atoms with van der Waals surface area (Å²) in [5, 5.41) is 0. The first kappa shape index (κ1) is 14.5. The van der Waals surface area contributed by atoms with Gasteiger partial charge in [0.25, 0.3) is 10.0 Å². The number of sulfonamides is 1. The van der Waals surface area contributed by atoms with Gasteiger partial charge in [-0.2, -0.15) is 0 Å². The number of nitrogens with one attached hydrogen (secondary N) is 1. The van der Waals surface area contributed by atoms with Crippen molar-refractivity contribution in [1.29, 1.82) is 0 Å². The fourth-order valence-corrected chi connectivity index (χ4v) is 3.29. The molecule has 0 unspecified atom stereocenters. The van der Waals surface area contributed by atoms with Crippen LogP contribution < -0.4 is 10.5 Å². The Morgan fingerprint density at radius 2 is 1.95 bits per heavy atom. The topological polar surface area (TPSA) is 85.1 Å². The van der Waals surface area contributed by atoms with Gasteiger partial charge in [-0.05, 0) is 48.7 Å². The number of pyridine rings is 1. The van der Waals surface area contributed by atoms with E-state index < -0.39 is 10.0 Å². The number of aromatic nitrogens is 1. The molecule has 2 aromatic rings. The standard InChI is InChI=1S/C14H17N3O2S/c1-10-7-11(2)13(8-12(10)9-15)20(18,19)17-14-5-3-4-6-16-14/h3-8H,9,15H2,1-2H3,(H,16,17). The number of hydrogen-bond donors (Lipinski definition) is 2. The first-order valence-electron chi connectivity index (χ1n) is 6.18. The van der Waals surface area contributed by atoms with Gasteiger partial charge in [0.15, 0.2) is 0 Å². The molecular weight excluding hydrogens is 274 g/mol. The molecule has 1 aromatic heterocycles. The van der Waals surface area contributed by atoms with Crippen LogP contribution in [0.25, 0.3) is 0 Å². The minimum atomic E-state index is -3.66. The molecular formula is C14H17N3O2S. The smallest absolute Gasteiger partial charge is 0.263 e. The first-order chi connectivity index (χ1) is 9.44. The van der Waals surface area contributed by atoms with Crippen molar-refractivity contribution in [1.82, 2.24) is 4.98 Å². The fourth-order valence-electron chi connectivity index (χ4n) is 2.00. The van der Waals surface area contributed by atoms with Crippen LogP contribution in [0.3, 0.4) is 0 Å². The van der Waals surface area contributed by atoms with Gasteiger partial charge in [0.05, 0.1) is 4.90 Å². The van der Waals surface area contributed by atoms with E-state index in [2.05, 4.69) is 9.71 Å². The summed E-state index contributed by atoms with van der Waals surface area (Å²) in [6.07, 6.45) is 1.53. The van der Waals surface area contributed by atoms with Gasteiger partial charge >= 0.3 is 0 Å². The van der Waals surface area contributed by atoms with Gasteiger partial charge in [-0.1, -0.05) is 12.1 Å². The maximum absolute atomic E-state index is 12.4. The third-order valence-electron chi connectivity index (χ3n) is 3.05. The average molecular weight is 291 g/mol. The number of nitrogens with zero attached hydrogens (tertiary/aromatic N) is 1. The first-order valence-corrected chi connectivity index (χ1v) is 7.66. The Balaban J connectivity index is 2.44. The molecule has 5 nitrogen and oxygen atoms in total. The molecule has 0 saturated heterocycles. The Labute approximate surface area is 118 Å². The molecule has 0 atom stereocenters. The summed E-state index contributed by atoms with van der Waals surface area (Å²) in [5.74, 6) is 0.293. The number of anilines is 1. The molecule has 20 heavy (non-hydrogen) atoms. The molecule has 0 aliphatic carbocycles. The highest BCUT2D eigenvalue weighted by molar-refractivity contribution is 7.92. The zero-order chi connectivity index (χ0) is 14.8. The largest absolute Gasteiger partial charge is 0.326 e. The molecule has 0 saturated carbocycles. The van der Waals surface area contributed by atoms with Crippen LogP contribution in [0, 0.1) is 13.8 Å². The zero-order valence-corrected chi connectivity index (χ0v) is 12.2. The van der Waals surface area contributed by atoms with E-state index in [4.69, 9.17) is 5.73 Å². The number of benzene rings is 1. The van der Waals surface area contributed by atoms with Gasteiger partial charge in [0.1, 0.15) is 5.82 Å². The van der Waals surface area contributed by atoms with Crippen molar-refractivity contribution in [2.24, 2.45) is 5.73 Å². The van der Waals surface area contributed by atoms with Gasteiger partial charge in [-0.25, -0.2) is 13.4 Å². The predicted octanol–water partition coefficient (Wildman–Crippen LogP) is 1.96. The number of hydrogen-bond acceptors (Lipinski definition) is 4. The average Bonchev–Trinajstić information content (AvgIpc) is 2.39. The summed E-state index contributed by atoms with van der Waals surface area (Å²) in [7, 11) is -3.66. The molecule has 0 fully saturated rings. The van der Waals surface area contributed by atoms with Gasteiger partial charge < -0.3 is 5.73 Å². The second kappa shape index (κ2) is 5.60. The molecule has 0 aliphatic rings. The van der Waals surface area contributed by atoms with E-state index in [0.29, 0.717) is 17.9 Å². The van der Waals surface area contributed by atoms with Crippen LogP contribution in [0.4, 0.5) is 5.82 Å². The highest BCUT2D eigenvalue weighted by atomic mass is 32.2. The summed E-state index contributed by atoms with van der Waals surface area (Å²) < 4.78 is 27.3. The molecule has 0 amide bonds. The monoisotopic (exact) mass is 291 g/mol. The molecule has 6 heteroatoms. The van der Waals surface area contributed by atoms with Crippen molar-refractivity contribution < 1.29 is 8.42 Å². The molecule has 0 radical (unpaired) electrons. The van der Waals surface area contributed by atoms with Crippen LogP contribution >= 0.6 is 0 Å². The van der Waals surface area contributed by atoms with Gasteiger partial charge in [0.2, 0.25) is 0 Å². The van der Waals surface area contributed by atoms with E-state index in [-0.39, 0.29) is 4.90 Å². The van der Waals surface area contributed by atoms with Gasteiger partial charge in [0, 0.05) is 12.7 Å². The quantitative estimate of drug-likeness (QED) is 0.901. The summed E-state index contributed by atoms with van der Waals surface area (Å²) in [6, 6.07) is 8.50. The highest BCUT2D eigenvalue weighted by Gasteiger charge is 2.18. The van der Waals surface area contributed by atoms with Crippen molar-refractivity contribution in [3.63, 3.8) is 0 Å². The predicted molar refractivity (Wildman–Crippen MR) is 78.9 cm³/mol. The third kappa shape index (κ3) is 2.97. The summed E-state index contributed by atoms with van der Waals surface area (Å²) >= 11 is 0. The number of nitrogens with two attached hydrogens (primary N) is 1. The van der Waals surface area contributed by atoms with E-state index in [1.165, 1.54) is 6.20 Å². The van der Waals surface area contributed by atoms with Gasteiger partial charge in [-0.15, -0.1) is 0 Å². The Morgan fingerprint density at radius 3 is 2.55 bits per heavy atom. The van der Waals surface area contributed by atoms with Crippen molar-refractivity contribution in [3.8, 4) is 0 Å². The minimum Gasteiger partial charge on any atom is -0.326 e. The summed E-state index contributed by atoms with van der Waals surface area (Å²) in [6.45, 7) is 3.98. The van der Waals surface area contributed by atoms with Crippen molar-refractivity contribution in [2.75, 3.05) is 4.72 Å². The normalized spacial score (nSPS) is 11.3. The van der Waals surface area contributed by atoms with Crippen LogP contribution in [-0.2, 0) is 16.6 Å². The van der Waals surface area contributed by atoms with Crippen molar-refractivity contribution in [2.45, 2.75) is 25.3 Å². The third-order valence-corrected chi connectivity index (χ3v) is 4.54. The second-order valence-corrected chi connectivity index (χ2v) is 6.22. The maximum atomic E-state index is 12.4.